The van der Waals surface area contributed by atoms with Crippen molar-refractivity contribution in [3.63, 3.8) is 0 Å². The van der Waals surface area contributed by atoms with Crippen LogP contribution >= 0.6 is 0 Å². The number of benzene rings is 1. The number of hydrogen-bond acceptors (Lipinski definition) is 3. The van der Waals surface area contributed by atoms with Crippen molar-refractivity contribution in [1.82, 2.24) is 0 Å². The molecule has 0 bridgehead atoms. The molecule has 0 atom stereocenters. The predicted octanol–water partition coefficient (Wildman–Crippen LogP) is 1.65. The van der Waals surface area contributed by atoms with Crippen LogP contribution in [0.15, 0.2) is 12.1 Å². The van der Waals surface area contributed by atoms with Crippen LogP contribution in [0.2, 0.25) is 0 Å². The Balaban J connectivity index is 3.22. The summed E-state index contributed by atoms with van der Waals surface area (Å²) < 4.78 is 0. The van der Waals surface area contributed by atoms with Crippen LogP contribution in [-0.4, -0.2) is 18.4 Å². The van der Waals surface area contributed by atoms with E-state index in [9.17, 15) is 9.59 Å². The third-order valence-electron chi connectivity index (χ3n) is 2.70. The predicted molar refractivity (Wildman–Crippen MR) is 76.2 cm³/mol. The van der Waals surface area contributed by atoms with E-state index in [1.54, 1.807) is 19.1 Å². The minimum Gasteiger partial charge on any atom is -0.384 e. The van der Waals surface area contributed by atoms with Crippen LogP contribution in [0.5, 0.6) is 0 Å². The number of primary amides is 2. The summed E-state index contributed by atoms with van der Waals surface area (Å²) in [6, 6.07) is 3.18. The molecule has 104 valence electrons. The lowest BCUT2D eigenvalue weighted by atomic mass is 9.96. The molecule has 0 aliphatic rings. The summed E-state index contributed by atoms with van der Waals surface area (Å²) in [5, 5.41) is 3.15. The molecule has 0 aliphatic heterocycles. The Labute approximate surface area is 113 Å². The Hall–Kier alpha value is -2.04. The SMILES string of the molecule is Cc1cc(C(N)=O)c(NCC(C)(C)C)cc1C(N)=O. The van der Waals surface area contributed by atoms with Gasteiger partial charge in [-0.2, -0.15) is 0 Å². The highest BCUT2D eigenvalue weighted by Crippen LogP contribution is 2.23. The van der Waals surface area contributed by atoms with E-state index in [-0.39, 0.29) is 5.41 Å². The van der Waals surface area contributed by atoms with Crippen LogP contribution in [0.4, 0.5) is 5.69 Å². The van der Waals surface area contributed by atoms with Gasteiger partial charge < -0.3 is 16.8 Å². The molecule has 0 spiro atoms. The molecule has 5 N–H and O–H groups in total. The fourth-order valence-corrected chi connectivity index (χ4v) is 1.68. The summed E-state index contributed by atoms with van der Waals surface area (Å²) in [7, 11) is 0. The van der Waals surface area contributed by atoms with Crippen molar-refractivity contribution in [1.29, 1.82) is 0 Å². The third kappa shape index (κ3) is 3.98. The number of hydrogen-bond donors (Lipinski definition) is 3. The van der Waals surface area contributed by atoms with Gasteiger partial charge in [0.15, 0.2) is 0 Å². The number of nitrogens with one attached hydrogen (secondary N) is 1. The first-order chi connectivity index (χ1) is 8.61. The van der Waals surface area contributed by atoms with Gasteiger partial charge >= 0.3 is 0 Å². The maximum absolute atomic E-state index is 11.4. The van der Waals surface area contributed by atoms with Crippen LogP contribution in [-0.2, 0) is 0 Å². The van der Waals surface area contributed by atoms with Gasteiger partial charge in [0.25, 0.3) is 5.91 Å². The average Bonchev–Trinajstić information content (AvgIpc) is 2.25. The van der Waals surface area contributed by atoms with E-state index in [2.05, 4.69) is 26.1 Å². The quantitative estimate of drug-likeness (QED) is 0.770. The molecule has 0 saturated carbocycles. The van der Waals surface area contributed by atoms with Crippen molar-refractivity contribution >= 4 is 17.5 Å². The minimum absolute atomic E-state index is 0.0344. The normalized spacial score (nSPS) is 11.2. The highest BCUT2D eigenvalue weighted by atomic mass is 16.1. The monoisotopic (exact) mass is 263 g/mol. The molecule has 1 rings (SSSR count). The zero-order chi connectivity index (χ0) is 14.8. The molecular formula is C14H21N3O2. The smallest absolute Gasteiger partial charge is 0.250 e. The summed E-state index contributed by atoms with van der Waals surface area (Å²) in [4.78, 5) is 22.8. The van der Waals surface area contributed by atoms with E-state index < -0.39 is 11.8 Å². The average molecular weight is 263 g/mol. The van der Waals surface area contributed by atoms with Crippen LogP contribution in [0.1, 0.15) is 47.1 Å². The van der Waals surface area contributed by atoms with Gasteiger partial charge in [-0.1, -0.05) is 20.8 Å². The van der Waals surface area contributed by atoms with Crippen molar-refractivity contribution in [3.05, 3.63) is 28.8 Å². The minimum atomic E-state index is -0.532. The Morgan fingerprint density at radius 1 is 1.11 bits per heavy atom. The van der Waals surface area contributed by atoms with Crippen LogP contribution in [0.3, 0.4) is 0 Å². The van der Waals surface area contributed by atoms with Crippen molar-refractivity contribution < 1.29 is 9.59 Å². The van der Waals surface area contributed by atoms with Gasteiger partial charge in [0.2, 0.25) is 5.91 Å². The van der Waals surface area contributed by atoms with Crippen molar-refractivity contribution in [3.8, 4) is 0 Å². The Bertz CT molecular complexity index is 516. The summed E-state index contributed by atoms with van der Waals surface area (Å²) in [5.41, 5.74) is 12.6. The number of amides is 2. The molecular weight excluding hydrogens is 242 g/mol. The van der Waals surface area contributed by atoms with Gasteiger partial charge in [-0.3, -0.25) is 9.59 Å². The number of rotatable bonds is 4. The lowest BCUT2D eigenvalue weighted by molar-refractivity contribution is 0.0988. The number of aryl methyl sites for hydroxylation is 1. The highest BCUT2D eigenvalue weighted by molar-refractivity contribution is 6.02. The first-order valence-corrected chi connectivity index (χ1v) is 6.10. The van der Waals surface area contributed by atoms with E-state index in [0.29, 0.717) is 28.9 Å². The van der Waals surface area contributed by atoms with Gasteiger partial charge in [0.1, 0.15) is 0 Å². The molecule has 19 heavy (non-hydrogen) atoms. The standard InChI is InChI=1S/C14H21N3O2/c1-8-5-10(13(16)19)11(6-9(8)12(15)18)17-7-14(2,3)4/h5-6,17H,7H2,1-4H3,(H2,15,18)(H2,16,19). The second kappa shape index (κ2) is 5.30. The topological polar surface area (TPSA) is 98.2 Å². The zero-order valence-electron chi connectivity index (χ0n) is 11.8. The number of anilines is 1. The van der Waals surface area contributed by atoms with Crippen LogP contribution < -0.4 is 16.8 Å². The largest absolute Gasteiger partial charge is 0.384 e. The van der Waals surface area contributed by atoms with Crippen LogP contribution in [0, 0.1) is 12.3 Å². The van der Waals surface area contributed by atoms with Crippen LogP contribution in [0.25, 0.3) is 0 Å². The van der Waals surface area contributed by atoms with E-state index in [0.717, 1.165) is 0 Å². The molecule has 1 aromatic rings. The van der Waals surface area contributed by atoms with Crippen molar-refractivity contribution in [2.45, 2.75) is 27.7 Å². The molecule has 5 nitrogen and oxygen atoms in total. The lowest BCUT2D eigenvalue weighted by Gasteiger charge is -2.21. The second-order valence-electron chi connectivity index (χ2n) is 5.86. The van der Waals surface area contributed by atoms with Gasteiger partial charge in [-0.25, -0.2) is 0 Å². The highest BCUT2D eigenvalue weighted by Gasteiger charge is 2.16. The third-order valence-corrected chi connectivity index (χ3v) is 2.70. The maximum Gasteiger partial charge on any atom is 0.250 e. The van der Waals surface area contributed by atoms with Crippen molar-refractivity contribution in [2.75, 3.05) is 11.9 Å². The molecule has 0 saturated heterocycles. The first kappa shape index (κ1) is 15.0. The summed E-state index contributed by atoms with van der Waals surface area (Å²) in [6.07, 6.45) is 0. The number of carbonyl (C=O) groups is 2. The van der Waals surface area contributed by atoms with E-state index in [4.69, 9.17) is 11.5 Å². The number of carbonyl (C=O) groups excluding carboxylic acids is 2. The molecule has 0 unspecified atom stereocenters. The van der Waals surface area contributed by atoms with Gasteiger partial charge in [-0.05, 0) is 30.0 Å². The first-order valence-electron chi connectivity index (χ1n) is 6.10. The fraction of sp³-hybridized carbons (Fsp3) is 0.429. The Kier molecular flexibility index (Phi) is 4.19. The number of nitrogens with two attached hydrogens (primary N) is 2. The van der Waals surface area contributed by atoms with Gasteiger partial charge in [-0.15, -0.1) is 0 Å². The molecule has 0 fully saturated rings. The molecule has 0 aliphatic carbocycles. The summed E-state index contributed by atoms with van der Waals surface area (Å²) in [5.74, 6) is -1.05. The van der Waals surface area contributed by atoms with Crippen molar-refractivity contribution in [2.24, 2.45) is 16.9 Å². The van der Waals surface area contributed by atoms with E-state index in [1.807, 2.05) is 0 Å². The fourth-order valence-electron chi connectivity index (χ4n) is 1.68. The molecule has 1 aromatic carbocycles. The molecule has 0 aromatic heterocycles. The van der Waals surface area contributed by atoms with E-state index in [1.165, 1.54) is 0 Å². The maximum atomic E-state index is 11.4. The summed E-state index contributed by atoms with van der Waals surface area (Å²) >= 11 is 0. The molecule has 0 heterocycles. The van der Waals surface area contributed by atoms with Gasteiger partial charge in [0.05, 0.1) is 5.56 Å². The molecule has 2 amide bonds. The summed E-state index contributed by atoms with van der Waals surface area (Å²) in [6.45, 7) is 8.56. The van der Waals surface area contributed by atoms with Gasteiger partial charge in [0, 0.05) is 17.8 Å². The zero-order valence-corrected chi connectivity index (χ0v) is 11.8. The Morgan fingerprint density at radius 2 is 1.63 bits per heavy atom. The Morgan fingerprint density at radius 3 is 2.05 bits per heavy atom. The molecule has 5 heteroatoms. The lowest BCUT2D eigenvalue weighted by Crippen LogP contribution is -2.23. The van der Waals surface area contributed by atoms with E-state index >= 15 is 0 Å². The second-order valence-corrected chi connectivity index (χ2v) is 5.86. The molecule has 0 radical (unpaired) electrons.